The molecule has 0 fully saturated rings. The van der Waals surface area contributed by atoms with Crippen LogP contribution in [0, 0.1) is 20.8 Å². The number of aryl methyl sites for hydroxylation is 3. The van der Waals surface area contributed by atoms with E-state index in [0.717, 1.165) is 0 Å². The van der Waals surface area contributed by atoms with Crippen LogP contribution in [0.5, 0.6) is 0 Å². The van der Waals surface area contributed by atoms with Crippen molar-refractivity contribution in [1.29, 1.82) is 0 Å². The van der Waals surface area contributed by atoms with Crippen LogP contribution in [0.3, 0.4) is 0 Å². The van der Waals surface area contributed by atoms with Crippen LogP contribution in [0.2, 0.25) is 0 Å². The molecular formula is C15H14S2. The van der Waals surface area contributed by atoms with E-state index >= 15 is 0 Å². The molecule has 0 aliphatic rings. The first kappa shape index (κ1) is 11.0. The molecule has 86 valence electrons. The van der Waals surface area contributed by atoms with Gasteiger partial charge in [0.2, 0.25) is 0 Å². The zero-order chi connectivity index (χ0) is 12.0. The van der Waals surface area contributed by atoms with E-state index in [-0.39, 0.29) is 0 Å². The number of thiophene rings is 2. The molecule has 3 rings (SSSR count). The molecule has 2 aromatic heterocycles. The average molecular weight is 258 g/mol. The van der Waals surface area contributed by atoms with Crippen LogP contribution in [-0.2, 0) is 0 Å². The van der Waals surface area contributed by atoms with Gasteiger partial charge in [-0.3, -0.25) is 0 Å². The average Bonchev–Trinajstić information content (AvgIpc) is 2.79. The van der Waals surface area contributed by atoms with Crippen LogP contribution in [0.1, 0.15) is 16.0 Å². The summed E-state index contributed by atoms with van der Waals surface area (Å²) in [4.78, 5) is 2.84. The summed E-state index contributed by atoms with van der Waals surface area (Å²) in [7, 11) is 0. The van der Waals surface area contributed by atoms with Gasteiger partial charge in [-0.25, -0.2) is 0 Å². The third-order valence-electron chi connectivity index (χ3n) is 3.10. The number of hydrogen-bond acceptors (Lipinski definition) is 2. The second kappa shape index (κ2) is 3.97. The maximum Gasteiger partial charge on any atom is 0.0489 e. The number of fused-ring (bicyclic) bond motifs is 1. The summed E-state index contributed by atoms with van der Waals surface area (Å²) < 4.78 is 2.90. The van der Waals surface area contributed by atoms with E-state index < -0.39 is 0 Å². The Labute approximate surface area is 110 Å². The molecule has 0 radical (unpaired) electrons. The molecule has 0 bridgehead atoms. The van der Waals surface area contributed by atoms with E-state index in [1.165, 1.54) is 35.8 Å². The molecule has 0 nitrogen and oxygen atoms in total. The lowest BCUT2D eigenvalue weighted by atomic mass is 10.1. The van der Waals surface area contributed by atoms with Crippen molar-refractivity contribution in [2.75, 3.05) is 0 Å². The van der Waals surface area contributed by atoms with E-state index in [1.54, 1.807) is 0 Å². The fourth-order valence-corrected chi connectivity index (χ4v) is 4.80. The van der Waals surface area contributed by atoms with Crippen molar-refractivity contribution in [2.45, 2.75) is 20.8 Å². The minimum Gasteiger partial charge on any atom is -0.139 e. The van der Waals surface area contributed by atoms with Crippen molar-refractivity contribution in [1.82, 2.24) is 0 Å². The fourth-order valence-electron chi connectivity index (χ4n) is 2.20. The summed E-state index contributed by atoms with van der Waals surface area (Å²) in [6, 6.07) is 11.0. The van der Waals surface area contributed by atoms with Gasteiger partial charge >= 0.3 is 0 Å². The van der Waals surface area contributed by atoms with Gasteiger partial charge in [0.25, 0.3) is 0 Å². The molecule has 17 heavy (non-hydrogen) atoms. The van der Waals surface area contributed by atoms with Crippen molar-refractivity contribution < 1.29 is 0 Å². The molecule has 0 aliphatic carbocycles. The highest BCUT2D eigenvalue weighted by molar-refractivity contribution is 7.29. The quantitative estimate of drug-likeness (QED) is 0.536. The summed E-state index contributed by atoms with van der Waals surface area (Å²) >= 11 is 3.83. The maximum atomic E-state index is 2.31. The van der Waals surface area contributed by atoms with Crippen LogP contribution in [0.25, 0.3) is 19.8 Å². The Kier molecular flexibility index (Phi) is 2.57. The third kappa shape index (κ3) is 1.72. The van der Waals surface area contributed by atoms with Gasteiger partial charge in [-0.15, -0.1) is 22.7 Å². The summed E-state index contributed by atoms with van der Waals surface area (Å²) in [5.74, 6) is 0. The van der Waals surface area contributed by atoms with E-state index in [9.17, 15) is 0 Å². The number of hydrogen-bond donors (Lipinski definition) is 0. The van der Waals surface area contributed by atoms with E-state index in [1.807, 2.05) is 22.7 Å². The molecule has 0 amide bonds. The van der Waals surface area contributed by atoms with Crippen molar-refractivity contribution in [3.8, 4) is 10.4 Å². The molecule has 0 saturated carbocycles. The molecule has 3 aromatic rings. The van der Waals surface area contributed by atoms with Gasteiger partial charge in [0.1, 0.15) is 0 Å². The van der Waals surface area contributed by atoms with Crippen molar-refractivity contribution >= 4 is 32.1 Å². The Hall–Kier alpha value is -1.12. The summed E-state index contributed by atoms with van der Waals surface area (Å²) in [5.41, 5.74) is 4.19. The fraction of sp³-hybridized carbons (Fsp3) is 0.200. The Bertz CT molecular complexity index is 686. The summed E-state index contributed by atoms with van der Waals surface area (Å²) in [5, 5.41) is 0. The van der Waals surface area contributed by atoms with Gasteiger partial charge in [-0.05, 0) is 43.5 Å². The van der Waals surface area contributed by atoms with Crippen LogP contribution in [-0.4, -0.2) is 0 Å². The molecule has 0 N–H and O–H groups in total. The molecule has 2 heterocycles. The predicted molar refractivity (Wildman–Crippen MR) is 79.3 cm³/mol. The molecule has 0 unspecified atom stereocenters. The van der Waals surface area contributed by atoms with Gasteiger partial charge in [0.15, 0.2) is 0 Å². The van der Waals surface area contributed by atoms with Crippen molar-refractivity contribution in [2.24, 2.45) is 0 Å². The van der Waals surface area contributed by atoms with Crippen LogP contribution < -0.4 is 0 Å². The second-order valence-corrected chi connectivity index (χ2v) is 6.73. The maximum absolute atomic E-state index is 2.31. The van der Waals surface area contributed by atoms with Crippen LogP contribution in [0.4, 0.5) is 0 Å². The first-order valence-corrected chi connectivity index (χ1v) is 7.35. The predicted octanol–water partition coefficient (Wildman–Crippen LogP) is 5.56. The SMILES string of the molecule is Cc1cc2sc(-c3ccccc3C)c(C)c2s1. The molecule has 2 heteroatoms. The Balaban J connectivity index is 2.28. The molecule has 1 aromatic carbocycles. The molecule has 0 saturated heterocycles. The lowest BCUT2D eigenvalue weighted by molar-refractivity contribution is 1.46. The van der Waals surface area contributed by atoms with Gasteiger partial charge < -0.3 is 0 Å². The van der Waals surface area contributed by atoms with Crippen molar-refractivity contribution in [3.05, 3.63) is 46.3 Å². The van der Waals surface area contributed by atoms with E-state index in [4.69, 9.17) is 0 Å². The van der Waals surface area contributed by atoms with Gasteiger partial charge in [-0.2, -0.15) is 0 Å². The standard InChI is InChI=1S/C15H14S2/c1-9-6-4-5-7-12(9)14-11(3)15-13(17-14)8-10(2)16-15/h4-8H,1-3H3. The molecule has 0 atom stereocenters. The number of rotatable bonds is 1. The largest absolute Gasteiger partial charge is 0.139 e. The highest BCUT2D eigenvalue weighted by atomic mass is 32.1. The van der Waals surface area contributed by atoms with E-state index in [2.05, 4.69) is 51.1 Å². The normalized spacial score (nSPS) is 11.2. The van der Waals surface area contributed by atoms with E-state index in [0.29, 0.717) is 0 Å². The van der Waals surface area contributed by atoms with Crippen LogP contribution in [0.15, 0.2) is 30.3 Å². The smallest absolute Gasteiger partial charge is 0.0489 e. The monoisotopic (exact) mass is 258 g/mol. The van der Waals surface area contributed by atoms with Crippen molar-refractivity contribution in [3.63, 3.8) is 0 Å². The third-order valence-corrected chi connectivity index (χ3v) is 5.68. The van der Waals surface area contributed by atoms with Gasteiger partial charge in [0, 0.05) is 19.2 Å². The Morgan fingerprint density at radius 3 is 2.41 bits per heavy atom. The second-order valence-electron chi connectivity index (χ2n) is 4.42. The topological polar surface area (TPSA) is 0 Å². The minimum atomic E-state index is 1.36. The highest BCUT2D eigenvalue weighted by Crippen LogP contribution is 2.42. The first-order chi connectivity index (χ1) is 8.16. The van der Waals surface area contributed by atoms with Gasteiger partial charge in [-0.1, -0.05) is 24.3 Å². The summed E-state index contributed by atoms with van der Waals surface area (Å²) in [6.45, 7) is 6.62. The summed E-state index contributed by atoms with van der Waals surface area (Å²) in [6.07, 6.45) is 0. The zero-order valence-corrected chi connectivity index (χ0v) is 11.8. The van der Waals surface area contributed by atoms with Crippen LogP contribution >= 0.6 is 22.7 Å². The molecule has 0 spiro atoms. The Morgan fingerprint density at radius 2 is 1.71 bits per heavy atom. The minimum absolute atomic E-state index is 1.36. The Morgan fingerprint density at radius 1 is 0.941 bits per heavy atom. The zero-order valence-electron chi connectivity index (χ0n) is 10.2. The lowest BCUT2D eigenvalue weighted by Crippen LogP contribution is -1.80. The molecule has 0 aliphatic heterocycles. The first-order valence-electron chi connectivity index (χ1n) is 5.72. The van der Waals surface area contributed by atoms with Gasteiger partial charge in [0.05, 0.1) is 0 Å². The number of benzene rings is 1. The molecular weight excluding hydrogens is 244 g/mol. The highest BCUT2D eigenvalue weighted by Gasteiger charge is 2.13. The lowest BCUT2D eigenvalue weighted by Gasteiger charge is -2.03.